The summed E-state index contributed by atoms with van der Waals surface area (Å²) in [6, 6.07) is 12.5. The number of benzene rings is 1. The van der Waals surface area contributed by atoms with Gasteiger partial charge in [-0.05, 0) is 41.4 Å². The third-order valence-electron chi connectivity index (χ3n) is 8.59. The van der Waals surface area contributed by atoms with Gasteiger partial charge < -0.3 is 6.92 Å². The van der Waals surface area contributed by atoms with Gasteiger partial charge in [-0.15, -0.1) is 0 Å². The van der Waals surface area contributed by atoms with E-state index in [4.69, 9.17) is 0 Å². The second-order valence-corrected chi connectivity index (χ2v) is 9.47. The van der Waals surface area contributed by atoms with Crippen LogP contribution in [0, 0.1) is 72.2 Å². The van der Waals surface area contributed by atoms with Gasteiger partial charge in [0.2, 0.25) is 0 Å². The smallest absolute Gasteiger partial charge is 0.340 e. The molecular weight excluding hydrogens is 404 g/mol. The maximum atomic E-state index is 4.20. The van der Waals surface area contributed by atoms with Crippen molar-refractivity contribution in [3.63, 3.8) is 0 Å². The van der Waals surface area contributed by atoms with E-state index in [-0.39, 0.29) is 26.2 Å². The van der Waals surface area contributed by atoms with E-state index >= 15 is 0 Å². The van der Waals surface area contributed by atoms with Crippen LogP contribution in [0.5, 0.6) is 0 Å². The van der Waals surface area contributed by atoms with Gasteiger partial charge in [-0.25, -0.2) is 0 Å². The summed E-state index contributed by atoms with van der Waals surface area (Å²) in [5.41, 5.74) is 0. The molecule has 1 aromatic carbocycles. The zero-order valence-corrected chi connectivity index (χ0v) is 21.8. The van der Waals surface area contributed by atoms with Gasteiger partial charge in [0, 0.05) is 0 Å². The molecule has 0 bridgehead atoms. The number of hydrogen-bond donors (Lipinski definition) is 0. The van der Waals surface area contributed by atoms with Crippen molar-refractivity contribution in [2.75, 3.05) is 0 Å². The van der Waals surface area contributed by atoms with Crippen LogP contribution in [0.3, 0.4) is 0 Å². The van der Waals surface area contributed by atoms with Crippen LogP contribution >= 0.6 is 0 Å². The van der Waals surface area contributed by atoms with Crippen LogP contribution in [0.4, 0.5) is 0 Å². The third-order valence-corrected chi connectivity index (χ3v) is 8.59. The van der Waals surface area contributed by atoms with E-state index in [0.717, 1.165) is 53.3 Å². The van der Waals surface area contributed by atoms with Crippen molar-refractivity contribution >= 4 is 0 Å². The van der Waals surface area contributed by atoms with Crippen LogP contribution in [0.1, 0.15) is 62.3 Å². The molecule has 0 radical (unpaired) electrons. The number of hydrogen-bond acceptors (Lipinski definition) is 0. The minimum atomic E-state index is 0. The molecule has 1 aromatic rings. The average Bonchev–Trinajstić information content (AvgIpc) is 2.94. The zero-order chi connectivity index (χ0) is 20.0. The molecule has 0 spiro atoms. The summed E-state index contributed by atoms with van der Waals surface area (Å²) in [5.74, 6) is 8.75. The first-order valence-corrected chi connectivity index (χ1v) is 10.8. The first-order valence-electron chi connectivity index (χ1n) is 10.8. The zero-order valence-electron chi connectivity index (χ0n) is 19.4. The quantitative estimate of drug-likeness (QED) is 0.358. The Balaban J connectivity index is 0.000000380. The van der Waals surface area contributed by atoms with Gasteiger partial charge in [-0.1, -0.05) is 74.1 Å². The van der Waals surface area contributed by atoms with Crippen LogP contribution in [-0.4, -0.2) is 0 Å². The molecule has 0 nitrogen and oxygen atoms in total. The molecular formula is C26H44Zr+2. The molecule has 4 unspecified atom stereocenters. The van der Waals surface area contributed by atoms with Crippen LogP contribution < -0.4 is 0 Å². The van der Waals surface area contributed by atoms with Crippen LogP contribution in [0.25, 0.3) is 0 Å². The molecule has 1 heteroatoms. The fraction of sp³-hybridized carbons (Fsp3) is 0.731. The SMILES string of the molecule is CC1C(C)C(C)C(C)C1C.[CH2-]C1C(C)C(C)C(C)C1C.[Zr+4].[c-]1ccccc1. The van der Waals surface area contributed by atoms with Gasteiger partial charge in [0.05, 0.1) is 0 Å². The molecule has 3 rings (SSSR count). The van der Waals surface area contributed by atoms with Gasteiger partial charge >= 0.3 is 26.2 Å². The predicted octanol–water partition coefficient (Wildman–Crippen LogP) is 7.66. The minimum Gasteiger partial charge on any atom is -0.340 e. The van der Waals surface area contributed by atoms with Gasteiger partial charge in [0.15, 0.2) is 0 Å². The number of rotatable bonds is 0. The van der Waals surface area contributed by atoms with E-state index in [1.807, 2.05) is 30.3 Å². The summed E-state index contributed by atoms with van der Waals surface area (Å²) >= 11 is 0. The van der Waals surface area contributed by atoms with Crippen molar-refractivity contribution < 1.29 is 26.2 Å². The van der Waals surface area contributed by atoms with Crippen molar-refractivity contribution in [3.8, 4) is 0 Å². The van der Waals surface area contributed by atoms with E-state index in [0.29, 0.717) is 5.92 Å². The molecule has 27 heavy (non-hydrogen) atoms. The Morgan fingerprint density at radius 1 is 0.481 bits per heavy atom. The van der Waals surface area contributed by atoms with E-state index in [2.05, 4.69) is 75.3 Å². The summed E-state index contributed by atoms with van der Waals surface area (Å²) < 4.78 is 0. The molecule has 2 saturated carbocycles. The molecule has 2 aliphatic carbocycles. The molecule has 0 N–H and O–H groups in total. The van der Waals surface area contributed by atoms with E-state index in [1.165, 1.54) is 0 Å². The Morgan fingerprint density at radius 3 is 0.852 bits per heavy atom. The first kappa shape index (κ1) is 27.1. The Morgan fingerprint density at radius 2 is 0.741 bits per heavy atom. The first-order chi connectivity index (χ1) is 12.1. The largest absolute Gasteiger partial charge is 4.00 e. The van der Waals surface area contributed by atoms with Gasteiger partial charge in [-0.3, -0.25) is 0 Å². The summed E-state index contributed by atoms with van der Waals surface area (Å²) in [6.07, 6.45) is 0. The summed E-state index contributed by atoms with van der Waals surface area (Å²) in [7, 11) is 0. The molecule has 2 aliphatic rings. The van der Waals surface area contributed by atoms with Crippen LogP contribution in [0.15, 0.2) is 30.3 Å². The van der Waals surface area contributed by atoms with E-state index in [1.54, 1.807) is 0 Å². The summed E-state index contributed by atoms with van der Waals surface area (Å²) in [5, 5.41) is 0. The van der Waals surface area contributed by atoms with Crippen molar-refractivity contribution in [1.29, 1.82) is 0 Å². The van der Waals surface area contributed by atoms with Crippen molar-refractivity contribution in [2.45, 2.75) is 62.3 Å². The van der Waals surface area contributed by atoms with Crippen LogP contribution in [0.2, 0.25) is 0 Å². The Bertz CT molecular complexity index is 338. The molecule has 0 saturated heterocycles. The monoisotopic (exact) mass is 446 g/mol. The summed E-state index contributed by atoms with van der Waals surface area (Å²) in [6.45, 7) is 25.6. The minimum absolute atomic E-state index is 0. The molecule has 0 amide bonds. The van der Waals surface area contributed by atoms with E-state index < -0.39 is 0 Å². The normalized spacial score (nSPS) is 42.9. The maximum Gasteiger partial charge on any atom is 4.00 e. The molecule has 2 fully saturated rings. The van der Waals surface area contributed by atoms with Gasteiger partial charge in [0.1, 0.15) is 0 Å². The Hall–Kier alpha value is 0.103. The molecule has 0 aliphatic heterocycles. The van der Waals surface area contributed by atoms with Gasteiger partial charge in [-0.2, -0.15) is 42.3 Å². The van der Waals surface area contributed by atoms with Crippen molar-refractivity contribution in [1.82, 2.24) is 0 Å². The predicted molar refractivity (Wildman–Crippen MR) is 117 cm³/mol. The van der Waals surface area contributed by atoms with Crippen LogP contribution in [-0.2, 0) is 26.2 Å². The second kappa shape index (κ2) is 12.6. The molecule has 4 atom stereocenters. The Kier molecular flexibility index (Phi) is 12.7. The second-order valence-electron chi connectivity index (χ2n) is 9.47. The van der Waals surface area contributed by atoms with Gasteiger partial charge in [0.25, 0.3) is 0 Å². The summed E-state index contributed by atoms with van der Waals surface area (Å²) in [4.78, 5) is 0. The Labute approximate surface area is 190 Å². The third kappa shape index (κ3) is 7.13. The standard InChI is InChI=1S/C10H20.C10H19.C6H5.Zr/c2*1-6-7(2)9(4)10(5)8(6)3;1-2-4-6-5-3-1;/h6-10H,1-5H3;6-10H,1H2,2-5H3;1-5H;/q;2*-1;+4. The molecule has 0 heterocycles. The molecule has 0 aromatic heterocycles. The van der Waals surface area contributed by atoms with Crippen molar-refractivity contribution in [3.05, 3.63) is 43.3 Å². The van der Waals surface area contributed by atoms with Crippen molar-refractivity contribution in [2.24, 2.45) is 59.2 Å². The fourth-order valence-electron chi connectivity index (χ4n) is 4.95. The maximum absolute atomic E-state index is 4.20. The molecule has 150 valence electrons. The van der Waals surface area contributed by atoms with E-state index in [9.17, 15) is 0 Å². The fourth-order valence-corrected chi connectivity index (χ4v) is 4.95. The topological polar surface area (TPSA) is 0 Å². The average molecular weight is 448 g/mol.